The number of amides is 1. The third-order valence-electron chi connectivity index (χ3n) is 4.87. The molecule has 0 radical (unpaired) electrons. The number of aliphatic imine (C=N–C) groups is 1. The lowest BCUT2D eigenvalue weighted by molar-refractivity contribution is -0.120. The maximum atomic E-state index is 11.7. The number of likely N-dealkylation sites (tertiary alicyclic amines) is 1. The number of ether oxygens (including phenoxy) is 1. The summed E-state index contributed by atoms with van der Waals surface area (Å²) < 4.78 is 4.91. The summed E-state index contributed by atoms with van der Waals surface area (Å²) in [5.41, 5.74) is 0. The van der Waals surface area contributed by atoms with Gasteiger partial charge in [-0.25, -0.2) is 0 Å². The molecular weight excluding hydrogens is 306 g/mol. The van der Waals surface area contributed by atoms with Crippen molar-refractivity contribution in [3.63, 3.8) is 0 Å². The maximum Gasteiger partial charge on any atom is 0.239 e. The summed E-state index contributed by atoms with van der Waals surface area (Å²) in [5.74, 6) is 1.55. The summed E-state index contributed by atoms with van der Waals surface area (Å²) in [6, 6.07) is 0.411. The van der Waals surface area contributed by atoms with Crippen LogP contribution in [0.25, 0.3) is 0 Å². The molecule has 1 saturated carbocycles. The van der Waals surface area contributed by atoms with Crippen molar-refractivity contribution in [1.82, 2.24) is 20.9 Å². The molecule has 1 saturated heterocycles. The molecular formula is C17H33N5O2. The quantitative estimate of drug-likeness (QED) is 0.334. The van der Waals surface area contributed by atoms with Crippen LogP contribution in [-0.2, 0) is 9.53 Å². The Morgan fingerprint density at radius 1 is 1.25 bits per heavy atom. The Morgan fingerprint density at radius 2 is 2.04 bits per heavy atom. The standard InChI is InChI=1S/C17H33N5O2/c1-18-17(20-11-16(23)19-8-10-24-2)21-15-7-9-22(13-15)12-14-5-3-4-6-14/h14-15H,3-13H2,1-2H3,(H,19,23)(H2,18,20,21). The van der Waals surface area contributed by atoms with Crippen LogP contribution in [0, 0.1) is 5.92 Å². The summed E-state index contributed by atoms with van der Waals surface area (Å²) in [7, 11) is 3.36. The number of hydrogen-bond acceptors (Lipinski definition) is 4. The zero-order valence-electron chi connectivity index (χ0n) is 15.1. The first-order valence-electron chi connectivity index (χ1n) is 9.16. The van der Waals surface area contributed by atoms with Crippen LogP contribution in [0.15, 0.2) is 4.99 Å². The van der Waals surface area contributed by atoms with E-state index in [0.717, 1.165) is 25.4 Å². The summed E-state index contributed by atoms with van der Waals surface area (Å²) >= 11 is 0. The highest BCUT2D eigenvalue weighted by atomic mass is 16.5. The van der Waals surface area contributed by atoms with Crippen molar-refractivity contribution in [2.75, 3.05) is 53.5 Å². The average molecular weight is 339 g/mol. The van der Waals surface area contributed by atoms with Crippen molar-refractivity contribution in [2.45, 2.75) is 38.1 Å². The van der Waals surface area contributed by atoms with Crippen molar-refractivity contribution in [3.05, 3.63) is 0 Å². The molecule has 0 spiro atoms. The van der Waals surface area contributed by atoms with Crippen LogP contribution in [-0.4, -0.2) is 76.3 Å². The van der Waals surface area contributed by atoms with Gasteiger partial charge in [-0.15, -0.1) is 0 Å². The molecule has 1 atom stereocenters. The Bertz CT molecular complexity index is 410. The minimum absolute atomic E-state index is 0.0516. The summed E-state index contributed by atoms with van der Waals surface area (Å²) in [4.78, 5) is 18.5. The van der Waals surface area contributed by atoms with Gasteiger partial charge in [0, 0.05) is 46.4 Å². The second kappa shape index (κ2) is 10.5. The molecule has 3 N–H and O–H groups in total. The summed E-state index contributed by atoms with van der Waals surface area (Å²) in [6.07, 6.45) is 6.74. The van der Waals surface area contributed by atoms with Gasteiger partial charge >= 0.3 is 0 Å². The van der Waals surface area contributed by atoms with E-state index in [0.29, 0.717) is 25.2 Å². The smallest absolute Gasteiger partial charge is 0.239 e. The second-order valence-electron chi connectivity index (χ2n) is 6.81. The molecule has 0 bridgehead atoms. The highest BCUT2D eigenvalue weighted by Crippen LogP contribution is 2.26. The highest BCUT2D eigenvalue weighted by molar-refractivity contribution is 5.86. The van der Waals surface area contributed by atoms with Gasteiger partial charge in [-0.05, 0) is 25.2 Å². The van der Waals surface area contributed by atoms with Gasteiger partial charge in [-0.1, -0.05) is 12.8 Å². The predicted octanol–water partition coefficient (Wildman–Crippen LogP) is 0.179. The van der Waals surface area contributed by atoms with Crippen LogP contribution in [0.4, 0.5) is 0 Å². The number of methoxy groups -OCH3 is 1. The van der Waals surface area contributed by atoms with E-state index in [9.17, 15) is 4.79 Å². The fourth-order valence-corrected chi connectivity index (χ4v) is 3.58. The first-order valence-corrected chi connectivity index (χ1v) is 9.16. The fourth-order valence-electron chi connectivity index (χ4n) is 3.58. The Morgan fingerprint density at radius 3 is 2.75 bits per heavy atom. The monoisotopic (exact) mass is 339 g/mol. The van der Waals surface area contributed by atoms with E-state index in [4.69, 9.17) is 4.74 Å². The number of carbonyl (C=O) groups is 1. The number of hydrogen-bond donors (Lipinski definition) is 3. The molecule has 2 rings (SSSR count). The number of rotatable bonds is 8. The first-order chi connectivity index (χ1) is 11.7. The van der Waals surface area contributed by atoms with Crippen LogP contribution in [0.5, 0.6) is 0 Å². The van der Waals surface area contributed by atoms with E-state index >= 15 is 0 Å². The van der Waals surface area contributed by atoms with E-state index in [1.54, 1.807) is 14.2 Å². The molecule has 138 valence electrons. The van der Waals surface area contributed by atoms with Crippen LogP contribution >= 0.6 is 0 Å². The van der Waals surface area contributed by atoms with Crippen molar-refractivity contribution in [2.24, 2.45) is 10.9 Å². The minimum Gasteiger partial charge on any atom is -0.383 e. The first kappa shape index (κ1) is 19.0. The third kappa shape index (κ3) is 6.65. The number of carbonyl (C=O) groups excluding carboxylic acids is 1. The molecule has 1 heterocycles. The van der Waals surface area contributed by atoms with Gasteiger partial charge in [-0.2, -0.15) is 0 Å². The van der Waals surface area contributed by atoms with E-state index in [1.165, 1.54) is 32.2 Å². The van der Waals surface area contributed by atoms with Gasteiger partial charge in [0.15, 0.2) is 5.96 Å². The molecule has 1 aliphatic carbocycles. The lowest BCUT2D eigenvalue weighted by Gasteiger charge is -2.21. The van der Waals surface area contributed by atoms with Gasteiger partial charge in [0.25, 0.3) is 0 Å². The largest absolute Gasteiger partial charge is 0.383 e. The van der Waals surface area contributed by atoms with Crippen LogP contribution in [0.3, 0.4) is 0 Å². The summed E-state index contributed by atoms with van der Waals surface area (Å²) in [5, 5.41) is 9.30. The lowest BCUT2D eigenvalue weighted by Crippen LogP contribution is -2.47. The van der Waals surface area contributed by atoms with Gasteiger partial charge in [0.05, 0.1) is 13.2 Å². The van der Waals surface area contributed by atoms with Gasteiger partial charge < -0.3 is 25.6 Å². The Hall–Kier alpha value is -1.34. The van der Waals surface area contributed by atoms with Crippen molar-refractivity contribution < 1.29 is 9.53 Å². The molecule has 1 aliphatic heterocycles. The van der Waals surface area contributed by atoms with Crippen LogP contribution < -0.4 is 16.0 Å². The number of nitrogens with zero attached hydrogens (tertiary/aromatic N) is 2. The van der Waals surface area contributed by atoms with E-state index < -0.39 is 0 Å². The van der Waals surface area contributed by atoms with Crippen LogP contribution in [0.1, 0.15) is 32.1 Å². The van der Waals surface area contributed by atoms with Gasteiger partial charge in [-0.3, -0.25) is 9.79 Å². The molecule has 1 unspecified atom stereocenters. The normalized spacial score (nSPS) is 22.8. The number of guanidine groups is 1. The molecule has 24 heavy (non-hydrogen) atoms. The third-order valence-corrected chi connectivity index (χ3v) is 4.87. The zero-order chi connectivity index (χ0) is 17.2. The highest BCUT2D eigenvalue weighted by Gasteiger charge is 2.26. The molecule has 2 aliphatic rings. The van der Waals surface area contributed by atoms with Gasteiger partial charge in [0.2, 0.25) is 5.91 Å². The molecule has 2 fully saturated rings. The fraction of sp³-hybridized carbons (Fsp3) is 0.882. The Balaban J connectivity index is 1.63. The van der Waals surface area contributed by atoms with Crippen LogP contribution in [0.2, 0.25) is 0 Å². The SMILES string of the molecule is CN=C(NCC(=O)NCCOC)NC1CCN(CC2CCCC2)C1. The predicted molar refractivity (Wildman–Crippen MR) is 96.2 cm³/mol. The number of nitrogens with one attached hydrogen (secondary N) is 3. The molecule has 0 aromatic carbocycles. The topological polar surface area (TPSA) is 78.0 Å². The Labute approximate surface area is 145 Å². The van der Waals surface area contributed by atoms with Crippen molar-refractivity contribution in [1.29, 1.82) is 0 Å². The molecule has 1 amide bonds. The van der Waals surface area contributed by atoms with Crippen molar-refractivity contribution in [3.8, 4) is 0 Å². The molecule has 0 aromatic rings. The summed E-state index contributed by atoms with van der Waals surface area (Å²) in [6.45, 7) is 4.74. The average Bonchev–Trinajstić information content (AvgIpc) is 3.24. The molecule has 0 aromatic heterocycles. The molecule has 7 nitrogen and oxygen atoms in total. The zero-order valence-corrected chi connectivity index (χ0v) is 15.1. The van der Waals surface area contributed by atoms with E-state index in [-0.39, 0.29) is 12.5 Å². The minimum atomic E-state index is -0.0516. The van der Waals surface area contributed by atoms with E-state index in [1.807, 2.05) is 0 Å². The van der Waals surface area contributed by atoms with E-state index in [2.05, 4.69) is 25.8 Å². The second-order valence-corrected chi connectivity index (χ2v) is 6.81. The van der Waals surface area contributed by atoms with Gasteiger partial charge in [0.1, 0.15) is 0 Å². The Kier molecular flexibility index (Phi) is 8.32. The van der Waals surface area contributed by atoms with Crippen molar-refractivity contribution >= 4 is 11.9 Å². The molecule has 7 heteroatoms. The maximum absolute atomic E-state index is 11.7. The lowest BCUT2D eigenvalue weighted by atomic mass is 10.1.